The van der Waals surface area contributed by atoms with Crippen LogP contribution in [0.3, 0.4) is 0 Å². The van der Waals surface area contributed by atoms with Gasteiger partial charge in [0.1, 0.15) is 7.85 Å². The third-order valence-electron chi connectivity index (χ3n) is 5.90. The van der Waals surface area contributed by atoms with Crippen molar-refractivity contribution in [3.8, 4) is 11.1 Å². The van der Waals surface area contributed by atoms with Crippen LogP contribution in [0.15, 0.2) is 61.9 Å². The summed E-state index contributed by atoms with van der Waals surface area (Å²) in [6.07, 6.45) is 0. The Kier molecular flexibility index (Phi) is 3.96. The van der Waals surface area contributed by atoms with Gasteiger partial charge in [0.25, 0.3) is 0 Å². The second kappa shape index (κ2) is 5.95. The van der Waals surface area contributed by atoms with Crippen LogP contribution in [0, 0.1) is 0 Å². The second-order valence-electron chi connectivity index (χ2n) is 7.94. The number of hydrogen-bond donors (Lipinski definition) is 0. The van der Waals surface area contributed by atoms with Crippen molar-refractivity contribution in [2.24, 2.45) is 0 Å². The van der Waals surface area contributed by atoms with Crippen molar-refractivity contribution in [3.63, 3.8) is 0 Å². The molecule has 0 N–H and O–H groups in total. The van der Waals surface area contributed by atoms with E-state index in [1.54, 1.807) is 0 Å². The first-order valence-electron chi connectivity index (χ1n) is 8.95. The monoisotopic (exact) mass is 540 g/mol. The molecule has 0 amide bonds. The van der Waals surface area contributed by atoms with Gasteiger partial charge in [0, 0.05) is 18.8 Å². The normalized spacial score (nSPS) is 14.6. The van der Waals surface area contributed by atoms with Crippen LogP contribution in [-0.4, -0.2) is 7.85 Å². The summed E-state index contributed by atoms with van der Waals surface area (Å²) in [4.78, 5) is 0. The van der Waals surface area contributed by atoms with Gasteiger partial charge in [-0.3, -0.25) is 0 Å². The summed E-state index contributed by atoms with van der Waals surface area (Å²) in [5, 5.41) is 4.94. The Morgan fingerprint density at radius 2 is 1.30 bits per heavy atom. The molecule has 0 atom stereocenters. The molecule has 0 fully saturated rings. The maximum atomic E-state index is 3.90. The minimum absolute atomic E-state index is 0.00542. The summed E-state index contributed by atoms with van der Waals surface area (Å²) >= 11 is 11.4. The number of halogens is 3. The Balaban J connectivity index is 1.95. The molecule has 1 aliphatic carbocycles. The van der Waals surface area contributed by atoms with Crippen molar-refractivity contribution in [1.29, 1.82) is 0 Å². The molecule has 5 rings (SSSR count). The van der Waals surface area contributed by atoms with E-state index in [1.165, 1.54) is 49.3 Å². The van der Waals surface area contributed by atoms with Crippen molar-refractivity contribution in [3.05, 3.63) is 73.1 Å². The lowest BCUT2D eigenvalue weighted by molar-refractivity contribution is 0.661. The van der Waals surface area contributed by atoms with E-state index in [4.69, 9.17) is 0 Å². The van der Waals surface area contributed by atoms with Gasteiger partial charge in [-0.1, -0.05) is 59.5 Å². The van der Waals surface area contributed by atoms with Crippen LogP contribution in [0.2, 0.25) is 0 Å². The third kappa shape index (κ3) is 2.46. The fraction of sp³-hybridized carbons (Fsp3) is 0.130. The second-order valence-corrected chi connectivity index (χ2v) is 10.4. The van der Waals surface area contributed by atoms with Gasteiger partial charge in [0.2, 0.25) is 0 Å². The van der Waals surface area contributed by atoms with Crippen LogP contribution >= 0.6 is 47.8 Å². The van der Waals surface area contributed by atoms with E-state index in [2.05, 4.69) is 118 Å². The SMILES string of the molecule is Bc1ccc2c(c1)C(C)(C)c1cc3c(Br)c4ccc(Br)cc4c(Br)c3cc1-2. The van der Waals surface area contributed by atoms with Crippen molar-refractivity contribution in [2.45, 2.75) is 19.3 Å². The first kappa shape index (κ1) is 18.0. The van der Waals surface area contributed by atoms with Crippen molar-refractivity contribution < 1.29 is 0 Å². The minimum atomic E-state index is 0.00542. The van der Waals surface area contributed by atoms with Gasteiger partial charge >= 0.3 is 0 Å². The zero-order chi connectivity index (χ0) is 19.1. The molecular weight excluding hydrogens is 527 g/mol. The number of rotatable bonds is 0. The summed E-state index contributed by atoms with van der Waals surface area (Å²) in [5.74, 6) is 0. The van der Waals surface area contributed by atoms with E-state index in [0.717, 1.165) is 13.4 Å². The average Bonchev–Trinajstić information content (AvgIpc) is 2.85. The predicted molar refractivity (Wildman–Crippen MR) is 130 cm³/mol. The average molecular weight is 543 g/mol. The Morgan fingerprint density at radius 3 is 2.07 bits per heavy atom. The molecule has 4 aromatic rings. The van der Waals surface area contributed by atoms with Gasteiger partial charge < -0.3 is 0 Å². The molecule has 0 aliphatic heterocycles. The molecular formula is C23H16BBr3. The standard InChI is InChI=1S/C23H16BBr3/c1-23(2)19-7-11(24)3-5-13(19)15-9-17-18(10-20(15)23)21(26)14-6-4-12(25)8-16(14)22(17)27/h3-10H,24H2,1-2H3. The smallest absolute Gasteiger partial charge is 0.0886 e. The van der Waals surface area contributed by atoms with Crippen molar-refractivity contribution in [1.82, 2.24) is 0 Å². The van der Waals surface area contributed by atoms with Gasteiger partial charge in [-0.25, -0.2) is 0 Å². The van der Waals surface area contributed by atoms with Crippen LogP contribution in [0.4, 0.5) is 0 Å². The van der Waals surface area contributed by atoms with Gasteiger partial charge in [-0.05, 0) is 99.9 Å². The molecule has 4 heteroatoms. The first-order valence-corrected chi connectivity index (χ1v) is 11.3. The fourth-order valence-electron chi connectivity index (χ4n) is 4.44. The summed E-state index contributed by atoms with van der Waals surface area (Å²) in [7, 11) is 2.17. The number of benzene rings is 4. The summed E-state index contributed by atoms with van der Waals surface area (Å²) in [6, 6.07) is 18.0. The largest absolute Gasteiger partial charge is 0.139 e. The van der Waals surface area contributed by atoms with E-state index < -0.39 is 0 Å². The summed E-state index contributed by atoms with van der Waals surface area (Å²) < 4.78 is 3.40. The van der Waals surface area contributed by atoms with E-state index in [-0.39, 0.29) is 5.41 Å². The minimum Gasteiger partial charge on any atom is -0.0886 e. The van der Waals surface area contributed by atoms with E-state index in [0.29, 0.717) is 0 Å². The topological polar surface area (TPSA) is 0 Å². The van der Waals surface area contributed by atoms with Crippen molar-refractivity contribution >= 4 is 82.6 Å². The third-order valence-corrected chi connectivity index (χ3v) is 8.10. The Morgan fingerprint density at radius 1 is 0.667 bits per heavy atom. The first-order chi connectivity index (χ1) is 12.8. The molecule has 0 radical (unpaired) electrons. The fourth-order valence-corrected chi connectivity index (χ4v) is 6.13. The Hall–Kier alpha value is -1.10. The molecule has 0 heterocycles. The highest BCUT2D eigenvalue weighted by Gasteiger charge is 2.36. The predicted octanol–water partition coefficient (Wildman–Crippen LogP) is 6.85. The molecule has 1 aliphatic rings. The van der Waals surface area contributed by atoms with E-state index >= 15 is 0 Å². The van der Waals surface area contributed by atoms with Gasteiger partial charge in [0.05, 0.1) is 0 Å². The quantitative estimate of drug-likeness (QED) is 0.168. The van der Waals surface area contributed by atoms with Crippen molar-refractivity contribution in [2.75, 3.05) is 0 Å². The Labute approximate surface area is 185 Å². The molecule has 0 spiro atoms. The lowest BCUT2D eigenvalue weighted by Crippen LogP contribution is -2.17. The van der Waals surface area contributed by atoms with Crippen LogP contribution in [-0.2, 0) is 5.41 Å². The molecule has 27 heavy (non-hydrogen) atoms. The zero-order valence-corrected chi connectivity index (χ0v) is 20.0. The van der Waals surface area contributed by atoms with Crippen LogP contribution in [0.25, 0.3) is 32.7 Å². The molecule has 132 valence electrons. The zero-order valence-electron chi connectivity index (χ0n) is 15.3. The molecule has 0 unspecified atom stereocenters. The van der Waals surface area contributed by atoms with Crippen LogP contribution < -0.4 is 5.46 Å². The molecule has 0 bridgehead atoms. The summed E-state index contributed by atoms with van der Waals surface area (Å²) in [5.41, 5.74) is 6.86. The van der Waals surface area contributed by atoms with Gasteiger partial charge in [-0.2, -0.15) is 0 Å². The van der Waals surface area contributed by atoms with Crippen LogP contribution in [0.5, 0.6) is 0 Å². The van der Waals surface area contributed by atoms with E-state index in [9.17, 15) is 0 Å². The van der Waals surface area contributed by atoms with Crippen LogP contribution in [0.1, 0.15) is 25.0 Å². The highest BCUT2D eigenvalue weighted by molar-refractivity contribution is 9.11. The lowest BCUT2D eigenvalue weighted by atomic mass is 9.80. The highest BCUT2D eigenvalue weighted by atomic mass is 79.9. The maximum Gasteiger partial charge on any atom is 0.139 e. The Bertz CT molecular complexity index is 1290. The molecule has 0 nitrogen and oxygen atoms in total. The maximum absolute atomic E-state index is 3.90. The summed E-state index contributed by atoms with van der Waals surface area (Å²) in [6.45, 7) is 4.67. The van der Waals surface area contributed by atoms with Gasteiger partial charge in [-0.15, -0.1) is 0 Å². The lowest BCUT2D eigenvalue weighted by Gasteiger charge is -2.22. The molecule has 0 saturated heterocycles. The molecule has 0 saturated carbocycles. The van der Waals surface area contributed by atoms with E-state index in [1.807, 2.05) is 0 Å². The number of hydrogen-bond acceptors (Lipinski definition) is 0. The molecule has 4 aromatic carbocycles. The number of fused-ring (bicyclic) bond motifs is 5. The molecule has 0 aromatic heterocycles. The highest BCUT2D eigenvalue weighted by Crippen LogP contribution is 2.51. The van der Waals surface area contributed by atoms with Gasteiger partial charge in [0.15, 0.2) is 0 Å².